The van der Waals surface area contributed by atoms with Crippen molar-refractivity contribution in [3.8, 4) is 5.75 Å². The van der Waals surface area contributed by atoms with Crippen molar-refractivity contribution >= 4 is 0 Å². The highest BCUT2D eigenvalue weighted by Gasteiger charge is 2.56. The molecule has 1 heterocycles. The fourth-order valence-electron chi connectivity index (χ4n) is 4.36. The predicted octanol–water partition coefficient (Wildman–Crippen LogP) is 2.75. The van der Waals surface area contributed by atoms with Gasteiger partial charge in [0.25, 0.3) is 0 Å². The van der Waals surface area contributed by atoms with E-state index in [-0.39, 0.29) is 11.3 Å². The highest BCUT2D eigenvalue weighted by atomic mass is 16.5. The summed E-state index contributed by atoms with van der Waals surface area (Å²) in [5, 5.41) is 11.6. The Hall–Kier alpha value is -1.06. The number of hydrogen-bond acceptors (Lipinski definition) is 3. The van der Waals surface area contributed by atoms with E-state index in [1.54, 1.807) is 0 Å². The number of nitrogens with two attached hydrogens (primary N) is 1. The molecule has 0 aromatic heterocycles. The van der Waals surface area contributed by atoms with Crippen molar-refractivity contribution in [3.63, 3.8) is 0 Å². The average Bonchev–Trinajstić information content (AvgIpc) is 2.50. The number of benzene rings is 1. The minimum absolute atomic E-state index is 0.270. The molecule has 0 radical (unpaired) electrons. The maximum absolute atomic E-state index is 11.6. The second-order valence-corrected chi connectivity index (χ2v) is 7.27. The van der Waals surface area contributed by atoms with Gasteiger partial charge in [-0.15, -0.1) is 0 Å². The normalized spacial score (nSPS) is 39.4. The molecule has 0 saturated heterocycles. The van der Waals surface area contributed by atoms with Gasteiger partial charge in [-0.3, -0.25) is 0 Å². The number of hydrogen-bond donors (Lipinski definition) is 2. The third kappa shape index (κ3) is 2.27. The van der Waals surface area contributed by atoms with Crippen LogP contribution in [0.5, 0.6) is 5.75 Å². The monoisotopic (exact) mass is 289 g/mol. The van der Waals surface area contributed by atoms with Gasteiger partial charge in [0.05, 0.1) is 12.2 Å². The molecule has 0 amide bonds. The lowest BCUT2D eigenvalue weighted by molar-refractivity contribution is -0.166. The van der Waals surface area contributed by atoms with Crippen LogP contribution in [0.2, 0.25) is 0 Å². The van der Waals surface area contributed by atoms with E-state index in [2.05, 4.69) is 19.9 Å². The van der Waals surface area contributed by atoms with E-state index in [4.69, 9.17) is 10.5 Å². The van der Waals surface area contributed by atoms with Crippen LogP contribution in [0.1, 0.15) is 38.7 Å². The molecule has 2 aliphatic rings. The van der Waals surface area contributed by atoms with Crippen molar-refractivity contribution in [2.24, 2.45) is 23.0 Å². The van der Waals surface area contributed by atoms with Gasteiger partial charge in [-0.05, 0) is 42.7 Å². The third-order valence-electron chi connectivity index (χ3n) is 5.88. The number of para-hydroxylation sites is 1. The van der Waals surface area contributed by atoms with E-state index >= 15 is 0 Å². The molecule has 0 spiro atoms. The Morgan fingerprint density at radius 1 is 1.29 bits per heavy atom. The van der Waals surface area contributed by atoms with E-state index in [0.29, 0.717) is 19.1 Å². The van der Waals surface area contributed by atoms with E-state index in [0.717, 1.165) is 25.0 Å². The summed E-state index contributed by atoms with van der Waals surface area (Å²) >= 11 is 0. The van der Waals surface area contributed by atoms with Crippen molar-refractivity contribution < 1.29 is 9.84 Å². The Balaban J connectivity index is 1.97. The van der Waals surface area contributed by atoms with Crippen LogP contribution in [-0.2, 0) is 6.42 Å². The maximum Gasteiger partial charge on any atom is 0.122 e. The van der Waals surface area contributed by atoms with Gasteiger partial charge in [0.1, 0.15) is 5.75 Å². The Bertz CT molecular complexity index is 518. The molecular formula is C18H27NO2. The molecule has 1 aromatic carbocycles. The second-order valence-electron chi connectivity index (χ2n) is 7.27. The number of rotatable bonds is 2. The summed E-state index contributed by atoms with van der Waals surface area (Å²) in [6.45, 7) is 5.39. The zero-order valence-electron chi connectivity index (χ0n) is 13.1. The predicted molar refractivity (Wildman–Crippen MR) is 84.3 cm³/mol. The lowest BCUT2D eigenvalue weighted by atomic mass is 9.56. The average molecular weight is 289 g/mol. The van der Waals surface area contributed by atoms with Crippen LogP contribution in [0, 0.1) is 17.3 Å². The van der Waals surface area contributed by atoms with Gasteiger partial charge in [-0.2, -0.15) is 0 Å². The molecule has 4 atom stereocenters. The molecule has 0 bridgehead atoms. The van der Waals surface area contributed by atoms with Crippen molar-refractivity contribution in [2.75, 3.05) is 13.2 Å². The summed E-state index contributed by atoms with van der Waals surface area (Å²) in [6, 6.07) is 8.13. The summed E-state index contributed by atoms with van der Waals surface area (Å²) < 4.78 is 5.99. The second kappa shape index (κ2) is 5.29. The molecular weight excluding hydrogens is 262 g/mol. The summed E-state index contributed by atoms with van der Waals surface area (Å²) in [5.41, 5.74) is 6.26. The lowest BCUT2D eigenvalue weighted by Gasteiger charge is -2.54. The smallest absolute Gasteiger partial charge is 0.122 e. The number of ether oxygens (including phenoxy) is 1. The highest BCUT2D eigenvalue weighted by molar-refractivity contribution is 5.37. The molecule has 3 N–H and O–H groups in total. The van der Waals surface area contributed by atoms with Gasteiger partial charge < -0.3 is 15.6 Å². The SMILES string of the molecule is CC1CCC(C)C(O)(C2(CN)COc3ccccc3C2)C1. The maximum atomic E-state index is 11.6. The van der Waals surface area contributed by atoms with Crippen molar-refractivity contribution in [3.05, 3.63) is 29.8 Å². The fourth-order valence-corrected chi connectivity index (χ4v) is 4.36. The standard InChI is InChI=1S/C18H27NO2/c1-13-7-8-14(2)18(20,9-13)17(11-19)10-15-5-3-4-6-16(15)21-12-17/h3-6,13-14,20H,7-12,19H2,1-2H3. The van der Waals surface area contributed by atoms with Crippen LogP contribution in [0.4, 0.5) is 0 Å². The molecule has 1 fully saturated rings. The molecule has 3 heteroatoms. The summed E-state index contributed by atoms with van der Waals surface area (Å²) in [5.74, 6) is 1.76. The molecule has 4 unspecified atom stereocenters. The van der Waals surface area contributed by atoms with Crippen LogP contribution < -0.4 is 10.5 Å². The van der Waals surface area contributed by atoms with E-state index in [9.17, 15) is 5.11 Å². The van der Waals surface area contributed by atoms with Crippen LogP contribution in [-0.4, -0.2) is 23.9 Å². The van der Waals surface area contributed by atoms with Crippen LogP contribution in [0.3, 0.4) is 0 Å². The molecule has 1 aromatic rings. The first-order valence-electron chi connectivity index (χ1n) is 8.14. The van der Waals surface area contributed by atoms with E-state index in [1.165, 1.54) is 12.0 Å². The Labute approximate surface area is 127 Å². The van der Waals surface area contributed by atoms with Gasteiger partial charge in [-0.25, -0.2) is 0 Å². The molecule has 21 heavy (non-hydrogen) atoms. The van der Waals surface area contributed by atoms with E-state index in [1.807, 2.05) is 18.2 Å². The summed E-state index contributed by atoms with van der Waals surface area (Å²) in [4.78, 5) is 0. The van der Waals surface area contributed by atoms with Gasteiger partial charge in [0.15, 0.2) is 0 Å². The van der Waals surface area contributed by atoms with Crippen molar-refractivity contribution in [1.82, 2.24) is 0 Å². The zero-order valence-corrected chi connectivity index (χ0v) is 13.1. The minimum atomic E-state index is -0.729. The first-order chi connectivity index (χ1) is 10.0. The van der Waals surface area contributed by atoms with Crippen LogP contribution >= 0.6 is 0 Å². The molecule has 116 valence electrons. The number of aliphatic hydroxyl groups is 1. The Morgan fingerprint density at radius 2 is 2.05 bits per heavy atom. The Morgan fingerprint density at radius 3 is 2.81 bits per heavy atom. The largest absolute Gasteiger partial charge is 0.493 e. The van der Waals surface area contributed by atoms with Crippen LogP contribution in [0.15, 0.2) is 24.3 Å². The minimum Gasteiger partial charge on any atom is -0.493 e. The molecule has 1 aliphatic carbocycles. The quantitative estimate of drug-likeness (QED) is 0.880. The van der Waals surface area contributed by atoms with Gasteiger partial charge in [0.2, 0.25) is 0 Å². The fraction of sp³-hybridized carbons (Fsp3) is 0.667. The molecule has 1 saturated carbocycles. The van der Waals surface area contributed by atoms with Gasteiger partial charge >= 0.3 is 0 Å². The zero-order chi connectivity index (χ0) is 15.1. The molecule has 3 nitrogen and oxygen atoms in total. The van der Waals surface area contributed by atoms with Gasteiger partial charge in [-0.1, -0.05) is 38.5 Å². The van der Waals surface area contributed by atoms with E-state index < -0.39 is 5.60 Å². The van der Waals surface area contributed by atoms with Gasteiger partial charge in [0, 0.05) is 12.0 Å². The lowest BCUT2D eigenvalue weighted by Crippen LogP contribution is -2.63. The number of fused-ring (bicyclic) bond motifs is 1. The molecule has 1 aliphatic heterocycles. The molecule has 3 rings (SSSR count). The van der Waals surface area contributed by atoms with Crippen LogP contribution in [0.25, 0.3) is 0 Å². The van der Waals surface area contributed by atoms with Crippen molar-refractivity contribution in [1.29, 1.82) is 0 Å². The first-order valence-corrected chi connectivity index (χ1v) is 8.14. The highest BCUT2D eigenvalue weighted by Crippen LogP contribution is 2.51. The third-order valence-corrected chi connectivity index (χ3v) is 5.88. The summed E-state index contributed by atoms with van der Waals surface area (Å²) in [7, 11) is 0. The Kier molecular flexibility index (Phi) is 3.74. The van der Waals surface area contributed by atoms with Crippen molar-refractivity contribution in [2.45, 2.75) is 45.1 Å². The summed E-state index contributed by atoms with van der Waals surface area (Å²) in [6.07, 6.45) is 3.91. The first kappa shape index (κ1) is 14.9. The topological polar surface area (TPSA) is 55.5 Å².